The van der Waals surface area contributed by atoms with Crippen molar-refractivity contribution in [3.63, 3.8) is 0 Å². The first-order chi connectivity index (χ1) is 9.15. The Bertz CT molecular complexity index is 253. The van der Waals surface area contributed by atoms with Crippen LogP contribution in [0.2, 0.25) is 0 Å². The molecule has 0 aromatic carbocycles. The van der Waals surface area contributed by atoms with Gasteiger partial charge in [0.15, 0.2) is 0 Å². The number of carbonyl (C=O) groups is 1. The number of hydrogen-bond acceptors (Lipinski definition) is 2. The van der Waals surface area contributed by atoms with E-state index in [1.54, 1.807) is 0 Å². The third-order valence-electron chi connectivity index (χ3n) is 3.90. The van der Waals surface area contributed by atoms with Gasteiger partial charge in [0.2, 0.25) is 5.91 Å². The molecule has 1 atom stereocenters. The molecule has 3 heteroatoms. The zero-order valence-corrected chi connectivity index (χ0v) is 13.1. The first-order valence-corrected chi connectivity index (χ1v) is 8.17. The van der Waals surface area contributed by atoms with E-state index < -0.39 is 0 Å². The Morgan fingerprint density at radius 2 is 2.00 bits per heavy atom. The quantitative estimate of drug-likeness (QED) is 0.617. The molecule has 0 spiro atoms. The maximum atomic E-state index is 12.1. The average Bonchev–Trinajstić information content (AvgIpc) is 2.72. The van der Waals surface area contributed by atoms with E-state index >= 15 is 0 Å². The molecule has 0 aromatic heterocycles. The van der Waals surface area contributed by atoms with Crippen LogP contribution >= 0.6 is 0 Å². The largest absolute Gasteiger partial charge is 0.341 e. The van der Waals surface area contributed by atoms with E-state index in [1.165, 1.54) is 32.1 Å². The highest BCUT2D eigenvalue weighted by molar-refractivity contribution is 5.83. The number of nitrogens with zero attached hydrogens (tertiary/aromatic N) is 1. The van der Waals surface area contributed by atoms with Gasteiger partial charge in [-0.15, -0.1) is 0 Å². The van der Waals surface area contributed by atoms with Gasteiger partial charge >= 0.3 is 0 Å². The fraction of sp³-hybridized carbons (Fsp3) is 0.938. The second kappa shape index (κ2) is 9.35. The lowest BCUT2D eigenvalue weighted by Gasteiger charge is -2.17. The lowest BCUT2D eigenvalue weighted by atomic mass is 10.0. The van der Waals surface area contributed by atoms with Crippen molar-refractivity contribution in [3.8, 4) is 0 Å². The summed E-state index contributed by atoms with van der Waals surface area (Å²) < 4.78 is 0. The minimum Gasteiger partial charge on any atom is -0.341 e. The van der Waals surface area contributed by atoms with Gasteiger partial charge in [0.05, 0.1) is 6.04 Å². The van der Waals surface area contributed by atoms with E-state index in [-0.39, 0.29) is 6.04 Å². The number of amides is 1. The molecule has 1 rings (SSSR count). The predicted octanol–water partition coefficient (Wildman–Crippen LogP) is 3.19. The van der Waals surface area contributed by atoms with Crippen LogP contribution in [0.25, 0.3) is 0 Å². The second-order valence-corrected chi connectivity index (χ2v) is 6.22. The number of carbonyl (C=O) groups excluding carboxylic acids is 1. The van der Waals surface area contributed by atoms with Gasteiger partial charge in [0, 0.05) is 13.1 Å². The molecule has 0 aliphatic carbocycles. The minimum atomic E-state index is 0.0980. The first kappa shape index (κ1) is 16.5. The van der Waals surface area contributed by atoms with Crippen molar-refractivity contribution in [1.82, 2.24) is 10.2 Å². The molecule has 1 fully saturated rings. The van der Waals surface area contributed by atoms with Crippen LogP contribution in [0, 0.1) is 5.92 Å². The summed E-state index contributed by atoms with van der Waals surface area (Å²) in [4.78, 5) is 14.1. The van der Waals surface area contributed by atoms with Gasteiger partial charge in [0.1, 0.15) is 0 Å². The van der Waals surface area contributed by atoms with Gasteiger partial charge in [-0.2, -0.15) is 0 Å². The summed E-state index contributed by atoms with van der Waals surface area (Å²) in [7, 11) is 0. The molecule has 0 saturated carbocycles. The standard InChI is InChI=1S/C16H32N2O/c1-4-11-17-15-10-13-18(16(15)19)12-8-6-5-7-9-14(2)3/h14-15,17H,4-13H2,1-3H3. The summed E-state index contributed by atoms with van der Waals surface area (Å²) in [6.45, 7) is 9.58. The van der Waals surface area contributed by atoms with E-state index in [4.69, 9.17) is 0 Å². The fourth-order valence-electron chi connectivity index (χ4n) is 2.68. The highest BCUT2D eigenvalue weighted by Crippen LogP contribution is 2.14. The van der Waals surface area contributed by atoms with Gasteiger partial charge in [-0.05, 0) is 31.7 Å². The molecule has 1 aliphatic heterocycles. The summed E-state index contributed by atoms with van der Waals surface area (Å²) >= 11 is 0. The summed E-state index contributed by atoms with van der Waals surface area (Å²) in [5.74, 6) is 1.15. The van der Waals surface area contributed by atoms with E-state index in [9.17, 15) is 4.79 Å². The van der Waals surface area contributed by atoms with E-state index in [2.05, 4.69) is 31.0 Å². The molecule has 19 heavy (non-hydrogen) atoms. The molecule has 1 heterocycles. The zero-order valence-electron chi connectivity index (χ0n) is 13.1. The Morgan fingerprint density at radius 3 is 2.68 bits per heavy atom. The molecule has 112 valence electrons. The third kappa shape index (κ3) is 6.42. The minimum absolute atomic E-state index is 0.0980. The summed E-state index contributed by atoms with van der Waals surface area (Å²) in [5, 5.41) is 3.34. The summed E-state index contributed by atoms with van der Waals surface area (Å²) in [5.41, 5.74) is 0. The molecule has 1 unspecified atom stereocenters. The first-order valence-electron chi connectivity index (χ1n) is 8.17. The van der Waals surface area contributed by atoms with Crippen LogP contribution in [0.5, 0.6) is 0 Å². The van der Waals surface area contributed by atoms with Crippen molar-refractivity contribution in [2.45, 2.75) is 71.8 Å². The van der Waals surface area contributed by atoms with Crippen LogP contribution < -0.4 is 5.32 Å². The number of unbranched alkanes of at least 4 members (excludes halogenated alkanes) is 3. The molecule has 0 radical (unpaired) electrons. The Hall–Kier alpha value is -0.570. The molecule has 3 nitrogen and oxygen atoms in total. The normalized spacial score (nSPS) is 19.7. The molecule has 0 bridgehead atoms. The molecule has 1 aliphatic rings. The highest BCUT2D eigenvalue weighted by atomic mass is 16.2. The maximum Gasteiger partial charge on any atom is 0.239 e. The molecular weight excluding hydrogens is 236 g/mol. The van der Waals surface area contributed by atoms with Crippen molar-refractivity contribution in [1.29, 1.82) is 0 Å². The Kier molecular flexibility index (Phi) is 8.11. The van der Waals surface area contributed by atoms with Gasteiger partial charge < -0.3 is 10.2 Å². The van der Waals surface area contributed by atoms with Gasteiger partial charge in [0.25, 0.3) is 0 Å². The van der Waals surface area contributed by atoms with Gasteiger partial charge in [-0.25, -0.2) is 0 Å². The summed E-state index contributed by atoms with van der Waals surface area (Å²) in [6.07, 6.45) is 8.52. The molecule has 1 amide bonds. The van der Waals surface area contributed by atoms with Crippen LogP contribution in [0.4, 0.5) is 0 Å². The smallest absolute Gasteiger partial charge is 0.239 e. The molecule has 1 saturated heterocycles. The van der Waals surface area contributed by atoms with Crippen molar-refractivity contribution in [2.24, 2.45) is 5.92 Å². The Labute approximate surface area is 119 Å². The van der Waals surface area contributed by atoms with Gasteiger partial charge in [-0.1, -0.05) is 46.5 Å². The SMILES string of the molecule is CCCNC1CCN(CCCCCCC(C)C)C1=O. The lowest BCUT2D eigenvalue weighted by Crippen LogP contribution is -2.38. The number of nitrogens with one attached hydrogen (secondary N) is 1. The van der Waals surface area contributed by atoms with Crippen molar-refractivity contribution in [2.75, 3.05) is 19.6 Å². The number of likely N-dealkylation sites (tertiary alicyclic amines) is 1. The molecule has 1 N–H and O–H groups in total. The van der Waals surface area contributed by atoms with Crippen molar-refractivity contribution in [3.05, 3.63) is 0 Å². The average molecular weight is 268 g/mol. The van der Waals surface area contributed by atoms with Crippen LogP contribution in [0.1, 0.15) is 65.7 Å². The third-order valence-corrected chi connectivity index (χ3v) is 3.90. The van der Waals surface area contributed by atoms with E-state index in [0.717, 1.165) is 38.4 Å². The summed E-state index contributed by atoms with van der Waals surface area (Å²) in [6, 6.07) is 0.0980. The van der Waals surface area contributed by atoms with E-state index in [1.807, 2.05) is 0 Å². The topological polar surface area (TPSA) is 32.3 Å². The maximum absolute atomic E-state index is 12.1. The van der Waals surface area contributed by atoms with Crippen LogP contribution in [0.3, 0.4) is 0 Å². The monoisotopic (exact) mass is 268 g/mol. The van der Waals surface area contributed by atoms with Gasteiger partial charge in [-0.3, -0.25) is 4.79 Å². The number of hydrogen-bond donors (Lipinski definition) is 1. The fourth-order valence-corrected chi connectivity index (χ4v) is 2.68. The van der Waals surface area contributed by atoms with Crippen LogP contribution in [-0.2, 0) is 4.79 Å². The predicted molar refractivity (Wildman–Crippen MR) is 81.2 cm³/mol. The number of rotatable bonds is 10. The molecule has 0 aromatic rings. The van der Waals surface area contributed by atoms with E-state index in [0.29, 0.717) is 5.91 Å². The Balaban J connectivity index is 2.05. The lowest BCUT2D eigenvalue weighted by molar-refractivity contribution is -0.129. The Morgan fingerprint density at radius 1 is 1.26 bits per heavy atom. The molecular formula is C16H32N2O. The second-order valence-electron chi connectivity index (χ2n) is 6.22. The van der Waals surface area contributed by atoms with Crippen LogP contribution in [0.15, 0.2) is 0 Å². The van der Waals surface area contributed by atoms with Crippen LogP contribution in [-0.4, -0.2) is 36.5 Å². The zero-order chi connectivity index (χ0) is 14.1. The highest BCUT2D eigenvalue weighted by Gasteiger charge is 2.30. The van der Waals surface area contributed by atoms with Crippen molar-refractivity contribution < 1.29 is 4.79 Å². The van der Waals surface area contributed by atoms with Crippen molar-refractivity contribution >= 4 is 5.91 Å².